The van der Waals surface area contributed by atoms with Crippen LogP contribution in [0.15, 0.2) is 29.8 Å². The molecular formula is C14H13NO2S. The number of aryl methyl sites for hydroxylation is 1. The number of ketones is 1. The second-order valence-corrected chi connectivity index (χ2v) is 5.29. The van der Waals surface area contributed by atoms with E-state index in [1.807, 2.05) is 31.2 Å². The number of aromatic nitrogens is 1. The van der Waals surface area contributed by atoms with Crippen LogP contribution in [-0.2, 0) is 0 Å². The molecule has 0 atom stereocenters. The first kappa shape index (κ1) is 11.4. The molecule has 1 aromatic carbocycles. The molecule has 0 aliphatic heterocycles. The zero-order chi connectivity index (χ0) is 12.5. The van der Waals surface area contributed by atoms with Crippen LogP contribution in [0, 0.1) is 6.92 Å². The van der Waals surface area contributed by atoms with Gasteiger partial charge in [-0.3, -0.25) is 4.79 Å². The van der Waals surface area contributed by atoms with Crippen molar-refractivity contribution in [2.45, 2.75) is 25.9 Å². The normalized spacial score (nSPS) is 14.5. The maximum atomic E-state index is 12.2. The van der Waals surface area contributed by atoms with E-state index in [9.17, 15) is 4.79 Å². The Bertz CT molecular complexity index is 570. The quantitative estimate of drug-likeness (QED) is 0.791. The number of thiazole rings is 1. The first-order valence-electron chi connectivity index (χ1n) is 5.95. The third-order valence-corrected chi connectivity index (χ3v) is 3.82. The maximum absolute atomic E-state index is 12.2. The highest BCUT2D eigenvalue weighted by Crippen LogP contribution is 2.27. The largest absolute Gasteiger partial charge is 0.490 e. The van der Waals surface area contributed by atoms with Gasteiger partial charge in [-0.2, -0.15) is 0 Å². The minimum atomic E-state index is 0.0352. The van der Waals surface area contributed by atoms with Crippen LogP contribution < -0.4 is 4.74 Å². The van der Waals surface area contributed by atoms with Gasteiger partial charge in [-0.25, -0.2) is 4.98 Å². The third-order valence-electron chi connectivity index (χ3n) is 2.90. The number of hydrogen-bond acceptors (Lipinski definition) is 4. The molecule has 1 saturated carbocycles. The van der Waals surface area contributed by atoms with Crippen LogP contribution in [0.2, 0.25) is 0 Å². The van der Waals surface area contributed by atoms with Gasteiger partial charge in [0, 0.05) is 5.56 Å². The Morgan fingerprint density at radius 1 is 1.33 bits per heavy atom. The van der Waals surface area contributed by atoms with Crippen LogP contribution in [0.25, 0.3) is 0 Å². The molecule has 4 heteroatoms. The fourth-order valence-corrected chi connectivity index (χ4v) is 2.48. The topological polar surface area (TPSA) is 39.2 Å². The molecule has 2 aromatic rings. The van der Waals surface area contributed by atoms with Crippen molar-refractivity contribution in [1.29, 1.82) is 0 Å². The fourth-order valence-electron chi connectivity index (χ4n) is 1.71. The minimum Gasteiger partial charge on any atom is -0.490 e. The van der Waals surface area contributed by atoms with Gasteiger partial charge in [0.15, 0.2) is 0 Å². The zero-order valence-corrected chi connectivity index (χ0v) is 10.9. The second-order valence-electron chi connectivity index (χ2n) is 4.44. The van der Waals surface area contributed by atoms with Crippen LogP contribution in [-0.4, -0.2) is 16.9 Å². The first-order chi connectivity index (χ1) is 8.74. The van der Waals surface area contributed by atoms with Crippen LogP contribution >= 0.6 is 11.3 Å². The summed E-state index contributed by atoms with van der Waals surface area (Å²) >= 11 is 1.39. The minimum absolute atomic E-state index is 0.0352. The number of nitrogens with zero attached hydrogens (tertiary/aromatic N) is 1. The van der Waals surface area contributed by atoms with Crippen molar-refractivity contribution >= 4 is 17.1 Å². The van der Waals surface area contributed by atoms with E-state index < -0.39 is 0 Å². The molecule has 1 aliphatic carbocycles. The van der Waals surface area contributed by atoms with E-state index >= 15 is 0 Å². The van der Waals surface area contributed by atoms with Crippen molar-refractivity contribution in [3.05, 3.63) is 45.9 Å². The average Bonchev–Trinajstić information content (AvgIpc) is 3.09. The highest BCUT2D eigenvalue weighted by molar-refractivity contribution is 7.12. The lowest BCUT2D eigenvalue weighted by Gasteiger charge is -2.05. The zero-order valence-electron chi connectivity index (χ0n) is 10.1. The lowest BCUT2D eigenvalue weighted by Crippen LogP contribution is -2.01. The molecule has 0 unspecified atom stereocenters. The Morgan fingerprint density at radius 2 is 2.06 bits per heavy atom. The Labute approximate surface area is 109 Å². The molecule has 92 valence electrons. The SMILES string of the molecule is Cc1ncsc1C(=O)c1ccc(OC2CC2)cc1. The number of hydrogen-bond donors (Lipinski definition) is 0. The summed E-state index contributed by atoms with van der Waals surface area (Å²) < 4.78 is 5.65. The molecule has 0 radical (unpaired) electrons. The fraction of sp³-hybridized carbons (Fsp3) is 0.286. The van der Waals surface area contributed by atoms with E-state index in [2.05, 4.69) is 4.98 Å². The van der Waals surface area contributed by atoms with Gasteiger partial charge < -0.3 is 4.74 Å². The van der Waals surface area contributed by atoms with E-state index in [1.165, 1.54) is 11.3 Å². The van der Waals surface area contributed by atoms with Gasteiger partial charge in [-0.15, -0.1) is 11.3 Å². The number of carbonyl (C=O) groups excluding carboxylic acids is 1. The lowest BCUT2D eigenvalue weighted by atomic mass is 10.1. The monoisotopic (exact) mass is 259 g/mol. The molecule has 1 aliphatic rings. The molecule has 0 bridgehead atoms. The van der Waals surface area contributed by atoms with Gasteiger partial charge >= 0.3 is 0 Å². The molecule has 0 spiro atoms. The summed E-state index contributed by atoms with van der Waals surface area (Å²) in [6.45, 7) is 1.86. The molecule has 0 amide bonds. The van der Waals surface area contributed by atoms with Gasteiger partial charge in [-0.1, -0.05) is 0 Å². The summed E-state index contributed by atoms with van der Waals surface area (Å²) in [7, 11) is 0. The molecule has 3 rings (SSSR count). The van der Waals surface area contributed by atoms with Gasteiger partial charge in [0.25, 0.3) is 0 Å². The van der Waals surface area contributed by atoms with Crippen molar-refractivity contribution in [2.75, 3.05) is 0 Å². The molecule has 0 saturated heterocycles. The molecule has 3 nitrogen and oxygen atoms in total. The van der Waals surface area contributed by atoms with Crippen molar-refractivity contribution in [2.24, 2.45) is 0 Å². The summed E-state index contributed by atoms with van der Waals surface area (Å²) in [4.78, 5) is 17.0. The van der Waals surface area contributed by atoms with E-state index in [-0.39, 0.29) is 5.78 Å². The van der Waals surface area contributed by atoms with E-state index in [0.29, 0.717) is 16.5 Å². The Balaban J connectivity index is 1.79. The van der Waals surface area contributed by atoms with Crippen LogP contribution in [0.4, 0.5) is 0 Å². The predicted octanol–water partition coefficient (Wildman–Crippen LogP) is 3.22. The van der Waals surface area contributed by atoms with Crippen molar-refractivity contribution in [3.63, 3.8) is 0 Å². The molecule has 0 N–H and O–H groups in total. The Morgan fingerprint density at radius 3 is 2.61 bits per heavy atom. The molecule has 18 heavy (non-hydrogen) atoms. The van der Waals surface area contributed by atoms with Gasteiger partial charge in [0.2, 0.25) is 5.78 Å². The third kappa shape index (κ3) is 2.29. The second kappa shape index (κ2) is 4.53. The summed E-state index contributed by atoms with van der Waals surface area (Å²) in [5, 5.41) is 0. The number of rotatable bonds is 4. The van der Waals surface area contributed by atoms with E-state index in [1.54, 1.807) is 5.51 Å². The van der Waals surface area contributed by atoms with Crippen LogP contribution in [0.5, 0.6) is 5.75 Å². The van der Waals surface area contributed by atoms with E-state index in [0.717, 1.165) is 24.3 Å². The van der Waals surface area contributed by atoms with Crippen molar-refractivity contribution in [1.82, 2.24) is 4.98 Å². The highest BCUT2D eigenvalue weighted by Gasteiger charge is 2.23. The predicted molar refractivity (Wildman–Crippen MR) is 70.4 cm³/mol. The van der Waals surface area contributed by atoms with Crippen LogP contribution in [0.3, 0.4) is 0 Å². The summed E-state index contributed by atoms with van der Waals surface area (Å²) in [5.74, 6) is 0.878. The van der Waals surface area contributed by atoms with Crippen molar-refractivity contribution in [3.8, 4) is 5.75 Å². The lowest BCUT2D eigenvalue weighted by molar-refractivity contribution is 0.104. The van der Waals surface area contributed by atoms with Gasteiger partial charge in [-0.05, 0) is 44.0 Å². The maximum Gasteiger partial charge on any atom is 0.204 e. The summed E-state index contributed by atoms with van der Waals surface area (Å²) in [6.07, 6.45) is 2.66. The smallest absolute Gasteiger partial charge is 0.204 e. The first-order valence-corrected chi connectivity index (χ1v) is 6.83. The Hall–Kier alpha value is -1.68. The Kier molecular flexibility index (Phi) is 2.88. The molecule has 1 heterocycles. The number of ether oxygens (including phenoxy) is 1. The van der Waals surface area contributed by atoms with E-state index in [4.69, 9.17) is 4.74 Å². The van der Waals surface area contributed by atoms with Gasteiger partial charge in [0.05, 0.1) is 22.2 Å². The molecule has 1 fully saturated rings. The molecular weight excluding hydrogens is 246 g/mol. The van der Waals surface area contributed by atoms with Crippen molar-refractivity contribution < 1.29 is 9.53 Å². The summed E-state index contributed by atoms with van der Waals surface area (Å²) in [5.41, 5.74) is 3.18. The highest BCUT2D eigenvalue weighted by atomic mass is 32.1. The standard InChI is InChI=1S/C14H13NO2S/c1-9-14(18-8-15-9)13(16)10-2-4-11(5-3-10)17-12-6-7-12/h2-5,8,12H,6-7H2,1H3. The number of carbonyl (C=O) groups is 1. The van der Waals surface area contributed by atoms with Crippen LogP contribution in [0.1, 0.15) is 33.8 Å². The average molecular weight is 259 g/mol. The molecule has 1 aromatic heterocycles. The number of benzene rings is 1. The summed E-state index contributed by atoms with van der Waals surface area (Å²) in [6, 6.07) is 7.36. The van der Waals surface area contributed by atoms with Gasteiger partial charge in [0.1, 0.15) is 5.75 Å².